The van der Waals surface area contributed by atoms with Crippen LogP contribution < -0.4 is 19.9 Å². The van der Waals surface area contributed by atoms with E-state index in [4.69, 9.17) is 19.9 Å². The number of ether oxygens (including phenoxy) is 3. The molecule has 0 radical (unpaired) electrons. The number of aromatic nitrogens is 2. The zero-order chi connectivity index (χ0) is 28.7. The van der Waals surface area contributed by atoms with E-state index in [9.17, 15) is 14.4 Å². The predicted octanol–water partition coefficient (Wildman–Crippen LogP) is 4.05. The van der Waals surface area contributed by atoms with Crippen LogP contribution in [0, 0.1) is 0 Å². The Hall–Kier alpha value is -4.99. The van der Waals surface area contributed by atoms with E-state index < -0.39 is 11.5 Å². The number of nitrogens with two attached hydrogens (primary N) is 1. The first-order valence-electron chi connectivity index (χ1n) is 13.2. The lowest BCUT2D eigenvalue weighted by Gasteiger charge is -2.44. The zero-order valence-electron chi connectivity index (χ0n) is 22.7. The number of nitrogens with zero attached hydrogens (tertiary/aromatic N) is 3. The van der Waals surface area contributed by atoms with Crippen molar-refractivity contribution in [3.8, 4) is 28.5 Å². The molecule has 4 heterocycles. The molecule has 2 aliphatic rings. The van der Waals surface area contributed by atoms with Gasteiger partial charge < -0.3 is 24.8 Å². The van der Waals surface area contributed by atoms with Crippen LogP contribution in [-0.4, -0.2) is 65.4 Å². The van der Waals surface area contributed by atoms with Crippen LogP contribution in [-0.2, 0) is 0 Å². The molecule has 1 fully saturated rings. The Morgan fingerprint density at radius 1 is 1.00 bits per heavy atom. The van der Waals surface area contributed by atoms with Crippen molar-refractivity contribution >= 4 is 28.5 Å². The van der Waals surface area contributed by atoms with E-state index >= 15 is 0 Å². The van der Waals surface area contributed by atoms with E-state index in [1.54, 1.807) is 55.5 Å². The fourth-order valence-electron chi connectivity index (χ4n) is 5.56. The Morgan fingerprint density at radius 3 is 2.46 bits per heavy atom. The monoisotopic (exact) mass is 552 g/mol. The van der Waals surface area contributed by atoms with Crippen molar-refractivity contribution in [2.75, 3.05) is 27.3 Å². The predicted molar refractivity (Wildman–Crippen MR) is 150 cm³/mol. The summed E-state index contributed by atoms with van der Waals surface area (Å²) in [4.78, 5) is 48.8. The molecule has 2 aromatic heterocycles. The smallest absolute Gasteiger partial charge is 0.272 e. The van der Waals surface area contributed by atoms with Gasteiger partial charge in [-0.1, -0.05) is 6.07 Å². The van der Waals surface area contributed by atoms with Gasteiger partial charge in [0.1, 0.15) is 34.1 Å². The molecule has 0 aliphatic carbocycles. The highest BCUT2D eigenvalue weighted by atomic mass is 16.5. The molecule has 2 aliphatic heterocycles. The van der Waals surface area contributed by atoms with E-state index in [1.807, 2.05) is 18.2 Å². The summed E-state index contributed by atoms with van der Waals surface area (Å²) >= 11 is 0. The number of hydrogen-bond acceptors (Lipinski definition) is 8. The number of amides is 2. The van der Waals surface area contributed by atoms with Gasteiger partial charge in [0.05, 0.1) is 37.5 Å². The van der Waals surface area contributed by atoms with Gasteiger partial charge in [0.15, 0.2) is 5.78 Å². The number of methoxy groups -OCH3 is 2. The molecule has 1 spiro atoms. The first-order chi connectivity index (χ1) is 19.8. The number of primary amides is 1. The van der Waals surface area contributed by atoms with Crippen molar-refractivity contribution in [1.29, 1.82) is 0 Å². The molecular formula is C31H28N4O6. The molecule has 0 bridgehead atoms. The molecule has 41 heavy (non-hydrogen) atoms. The maximum atomic E-state index is 13.5. The summed E-state index contributed by atoms with van der Waals surface area (Å²) in [6, 6.07) is 15.8. The van der Waals surface area contributed by atoms with Crippen molar-refractivity contribution in [1.82, 2.24) is 14.9 Å². The minimum Gasteiger partial charge on any atom is -0.496 e. The average Bonchev–Trinajstić information content (AvgIpc) is 3.00. The lowest BCUT2D eigenvalue weighted by atomic mass is 9.82. The number of para-hydroxylation sites is 1. The Labute approximate surface area is 236 Å². The van der Waals surface area contributed by atoms with E-state index in [2.05, 4.69) is 9.97 Å². The molecule has 0 saturated carbocycles. The Balaban J connectivity index is 1.19. The topological polar surface area (TPSA) is 134 Å². The van der Waals surface area contributed by atoms with Crippen molar-refractivity contribution < 1.29 is 28.6 Å². The quantitative estimate of drug-likeness (QED) is 0.392. The van der Waals surface area contributed by atoms with E-state index in [0.29, 0.717) is 65.5 Å². The van der Waals surface area contributed by atoms with Crippen LogP contribution in [0.4, 0.5) is 0 Å². The molecule has 2 amide bonds. The molecule has 0 atom stereocenters. The van der Waals surface area contributed by atoms with Gasteiger partial charge in [0, 0.05) is 49.1 Å². The molecule has 1 saturated heterocycles. The number of likely N-dealkylation sites (tertiary alicyclic amines) is 1. The molecule has 0 unspecified atom stereocenters. The van der Waals surface area contributed by atoms with Gasteiger partial charge in [-0.2, -0.15) is 0 Å². The molecular weight excluding hydrogens is 524 g/mol. The number of ketones is 1. The number of fused-ring (bicyclic) bond motifs is 2. The van der Waals surface area contributed by atoms with Crippen molar-refractivity contribution in [3.63, 3.8) is 0 Å². The third-order valence-electron chi connectivity index (χ3n) is 7.82. The van der Waals surface area contributed by atoms with Crippen LogP contribution in [0.2, 0.25) is 0 Å². The van der Waals surface area contributed by atoms with Crippen molar-refractivity contribution in [3.05, 3.63) is 77.6 Å². The molecule has 10 nitrogen and oxygen atoms in total. The van der Waals surface area contributed by atoms with Gasteiger partial charge in [-0.15, -0.1) is 0 Å². The Morgan fingerprint density at radius 2 is 1.78 bits per heavy atom. The van der Waals surface area contributed by atoms with Crippen LogP contribution in [0.5, 0.6) is 17.2 Å². The van der Waals surface area contributed by atoms with E-state index in [-0.39, 0.29) is 23.8 Å². The van der Waals surface area contributed by atoms with Crippen LogP contribution in [0.3, 0.4) is 0 Å². The highest BCUT2D eigenvalue weighted by molar-refractivity contribution is 6.02. The first kappa shape index (κ1) is 26.2. The number of Topliss-reactive ketones (excluding diaryl/α,β-unsaturated/α-hetero) is 1. The van der Waals surface area contributed by atoms with Crippen LogP contribution in [0.1, 0.15) is 50.5 Å². The summed E-state index contributed by atoms with van der Waals surface area (Å²) in [5.74, 6) is 0.836. The standard InChI is InChI=1S/C31H28N4O6/c1-39-26-5-3-4-20-27(40-2)15-23(34-28(20)26)30(38)35-12-10-31(11-13-35)16-24(36)21-14-18(7-9-25(21)41-31)22-8-6-19(17-33-22)29(32)37/h3-9,14-15,17H,10-13,16H2,1-2H3,(H2,32,37). The van der Waals surface area contributed by atoms with Gasteiger partial charge in [0.25, 0.3) is 5.91 Å². The number of benzene rings is 2. The van der Waals surface area contributed by atoms with Gasteiger partial charge in [-0.25, -0.2) is 4.98 Å². The Kier molecular flexibility index (Phi) is 6.53. The minimum atomic E-state index is -0.679. The molecule has 4 aromatic rings. The lowest BCUT2D eigenvalue weighted by Crippen LogP contribution is -2.52. The third kappa shape index (κ3) is 4.71. The first-order valence-corrected chi connectivity index (χ1v) is 13.2. The zero-order valence-corrected chi connectivity index (χ0v) is 22.7. The maximum absolute atomic E-state index is 13.5. The summed E-state index contributed by atoms with van der Waals surface area (Å²) in [5, 5.41) is 0.760. The number of carbonyl (C=O) groups excluding carboxylic acids is 3. The largest absolute Gasteiger partial charge is 0.496 e. The summed E-state index contributed by atoms with van der Waals surface area (Å²) in [6.45, 7) is 0.841. The fourth-order valence-corrected chi connectivity index (χ4v) is 5.56. The summed E-state index contributed by atoms with van der Waals surface area (Å²) in [7, 11) is 3.12. The number of carbonyl (C=O) groups is 3. The lowest BCUT2D eigenvalue weighted by molar-refractivity contribution is -0.00584. The highest BCUT2D eigenvalue weighted by Gasteiger charge is 2.44. The highest BCUT2D eigenvalue weighted by Crippen LogP contribution is 2.41. The van der Waals surface area contributed by atoms with Gasteiger partial charge in [-0.3, -0.25) is 19.4 Å². The molecule has 10 heteroatoms. The normalized spacial score (nSPS) is 15.8. The number of rotatable bonds is 5. The minimum absolute atomic E-state index is 0.0188. The van der Waals surface area contributed by atoms with Gasteiger partial charge in [-0.05, 0) is 42.5 Å². The van der Waals surface area contributed by atoms with Crippen LogP contribution >= 0.6 is 0 Å². The molecule has 208 valence electrons. The van der Waals surface area contributed by atoms with E-state index in [0.717, 1.165) is 10.9 Å². The van der Waals surface area contributed by atoms with Gasteiger partial charge >= 0.3 is 0 Å². The maximum Gasteiger partial charge on any atom is 0.272 e. The SMILES string of the molecule is COc1cc(C(=O)N2CCC3(CC2)CC(=O)c2cc(-c4ccc(C(N)=O)cn4)ccc2O3)nc2c(OC)cccc12. The number of hydrogen-bond donors (Lipinski definition) is 1. The average molecular weight is 553 g/mol. The summed E-state index contributed by atoms with van der Waals surface area (Å²) < 4.78 is 17.4. The third-order valence-corrected chi connectivity index (χ3v) is 7.82. The second-order valence-electron chi connectivity index (χ2n) is 10.3. The molecule has 2 N–H and O–H groups in total. The van der Waals surface area contributed by atoms with Crippen LogP contribution in [0.25, 0.3) is 22.2 Å². The molecule has 6 rings (SSSR count). The molecule has 2 aromatic carbocycles. The van der Waals surface area contributed by atoms with Gasteiger partial charge in [0.2, 0.25) is 5.91 Å². The second-order valence-corrected chi connectivity index (χ2v) is 10.3. The summed E-state index contributed by atoms with van der Waals surface area (Å²) in [5.41, 5.74) is 7.62. The van der Waals surface area contributed by atoms with Crippen LogP contribution in [0.15, 0.2) is 60.8 Å². The second kappa shape index (κ2) is 10.2. The van der Waals surface area contributed by atoms with Crippen molar-refractivity contribution in [2.45, 2.75) is 24.9 Å². The Bertz CT molecular complexity index is 1690. The van der Waals surface area contributed by atoms with Crippen molar-refractivity contribution in [2.24, 2.45) is 5.73 Å². The number of pyridine rings is 2. The van der Waals surface area contributed by atoms with E-state index in [1.165, 1.54) is 6.20 Å². The summed E-state index contributed by atoms with van der Waals surface area (Å²) in [6.07, 6.45) is 2.66. The number of piperidine rings is 1. The fraction of sp³-hybridized carbons (Fsp3) is 0.258.